The van der Waals surface area contributed by atoms with Crippen LogP contribution in [0.15, 0.2) is 4.42 Å². The van der Waals surface area contributed by atoms with Gasteiger partial charge < -0.3 is 9.52 Å². The summed E-state index contributed by atoms with van der Waals surface area (Å²) < 4.78 is 5.41. The van der Waals surface area contributed by atoms with Crippen molar-refractivity contribution >= 4 is 5.97 Å². The lowest BCUT2D eigenvalue weighted by atomic mass is 10.0. The minimum Gasteiger partial charge on any atom is -0.481 e. The molecule has 5 nitrogen and oxygen atoms in total. The number of carboxylic acid groups (broad SMARTS) is 1. The van der Waals surface area contributed by atoms with Gasteiger partial charge in [-0.25, -0.2) is 0 Å². The first kappa shape index (κ1) is 11.1. The van der Waals surface area contributed by atoms with Crippen LogP contribution in [0, 0.1) is 5.92 Å². The van der Waals surface area contributed by atoms with Crippen LogP contribution < -0.4 is 0 Å². The van der Waals surface area contributed by atoms with Gasteiger partial charge in [-0.3, -0.25) is 4.79 Å². The van der Waals surface area contributed by atoms with Gasteiger partial charge in [-0.2, -0.15) is 0 Å². The van der Waals surface area contributed by atoms with Crippen LogP contribution in [0.3, 0.4) is 0 Å². The Morgan fingerprint density at radius 3 is 2.69 bits per heavy atom. The molecule has 1 saturated carbocycles. The topological polar surface area (TPSA) is 76.2 Å². The lowest BCUT2D eigenvalue weighted by Gasteiger charge is -2.02. The van der Waals surface area contributed by atoms with Crippen molar-refractivity contribution in [2.45, 2.75) is 44.9 Å². The molecule has 0 spiro atoms. The zero-order valence-corrected chi connectivity index (χ0v) is 9.19. The number of aromatic nitrogens is 2. The lowest BCUT2D eigenvalue weighted by Crippen LogP contribution is -1.98. The van der Waals surface area contributed by atoms with E-state index in [0.717, 1.165) is 6.42 Å². The van der Waals surface area contributed by atoms with Crippen molar-refractivity contribution < 1.29 is 14.3 Å². The monoisotopic (exact) mass is 224 g/mol. The third-order valence-corrected chi connectivity index (χ3v) is 3.00. The first-order valence-electron chi connectivity index (χ1n) is 5.77. The highest BCUT2D eigenvalue weighted by molar-refractivity contribution is 5.66. The molecule has 1 aromatic heterocycles. The summed E-state index contributed by atoms with van der Waals surface area (Å²) in [4.78, 5) is 10.4. The molecule has 2 rings (SSSR count). The van der Waals surface area contributed by atoms with Crippen LogP contribution in [-0.2, 0) is 17.6 Å². The maximum atomic E-state index is 10.4. The van der Waals surface area contributed by atoms with Crippen molar-refractivity contribution in [3.63, 3.8) is 0 Å². The Hall–Kier alpha value is -1.39. The minimum absolute atomic E-state index is 0.0467. The normalized spacial score (nSPS) is 16.8. The molecular weight excluding hydrogens is 208 g/mol. The van der Waals surface area contributed by atoms with Crippen molar-refractivity contribution in [2.24, 2.45) is 5.92 Å². The summed E-state index contributed by atoms with van der Waals surface area (Å²) >= 11 is 0. The number of carbonyl (C=O) groups is 1. The zero-order valence-electron chi connectivity index (χ0n) is 9.19. The van der Waals surface area contributed by atoms with E-state index in [1.807, 2.05) is 0 Å². The Morgan fingerprint density at radius 2 is 2.00 bits per heavy atom. The largest absolute Gasteiger partial charge is 0.481 e. The Kier molecular flexibility index (Phi) is 3.54. The second kappa shape index (κ2) is 5.09. The standard InChI is InChI=1S/C11H16N2O3/c14-11(15)6-5-9-12-13-10(16-9)7-8-3-1-2-4-8/h8H,1-7H2,(H,14,15). The Morgan fingerprint density at radius 1 is 1.31 bits per heavy atom. The number of aliphatic carboxylic acids is 1. The van der Waals surface area contributed by atoms with Gasteiger partial charge in [0.2, 0.25) is 11.8 Å². The lowest BCUT2D eigenvalue weighted by molar-refractivity contribution is -0.137. The molecule has 1 aliphatic carbocycles. The van der Waals surface area contributed by atoms with Gasteiger partial charge in [-0.05, 0) is 18.8 Å². The summed E-state index contributed by atoms with van der Waals surface area (Å²) in [6.45, 7) is 0. The van der Waals surface area contributed by atoms with Crippen LogP contribution in [0.4, 0.5) is 0 Å². The molecule has 1 N–H and O–H groups in total. The van der Waals surface area contributed by atoms with E-state index in [0.29, 0.717) is 24.1 Å². The molecule has 0 aromatic carbocycles. The van der Waals surface area contributed by atoms with Crippen LogP contribution in [-0.4, -0.2) is 21.3 Å². The van der Waals surface area contributed by atoms with E-state index in [1.165, 1.54) is 25.7 Å². The van der Waals surface area contributed by atoms with Crippen LogP contribution in [0.2, 0.25) is 0 Å². The van der Waals surface area contributed by atoms with Crippen LogP contribution >= 0.6 is 0 Å². The predicted octanol–water partition coefficient (Wildman–Crippen LogP) is 1.82. The Labute approximate surface area is 93.9 Å². The van der Waals surface area contributed by atoms with Gasteiger partial charge in [0.1, 0.15) is 0 Å². The average molecular weight is 224 g/mol. The fraction of sp³-hybridized carbons (Fsp3) is 0.727. The molecule has 1 aromatic rings. The first-order chi connectivity index (χ1) is 7.74. The van der Waals surface area contributed by atoms with E-state index < -0.39 is 5.97 Å². The molecule has 0 bridgehead atoms. The fourth-order valence-corrected chi connectivity index (χ4v) is 2.15. The molecule has 0 radical (unpaired) electrons. The Balaban J connectivity index is 1.84. The van der Waals surface area contributed by atoms with Crippen molar-refractivity contribution in [3.05, 3.63) is 11.8 Å². The van der Waals surface area contributed by atoms with E-state index in [9.17, 15) is 4.79 Å². The summed E-state index contributed by atoms with van der Waals surface area (Å²) in [5, 5.41) is 16.3. The van der Waals surface area contributed by atoms with E-state index in [-0.39, 0.29) is 6.42 Å². The molecular formula is C11H16N2O3. The molecule has 1 heterocycles. The fourth-order valence-electron chi connectivity index (χ4n) is 2.15. The maximum Gasteiger partial charge on any atom is 0.303 e. The van der Waals surface area contributed by atoms with Crippen molar-refractivity contribution in [3.8, 4) is 0 Å². The van der Waals surface area contributed by atoms with Gasteiger partial charge in [0.25, 0.3) is 0 Å². The van der Waals surface area contributed by atoms with Crippen LogP contribution in [0.25, 0.3) is 0 Å². The van der Waals surface area contributed by atoms with Gasteiger partial charge >= 0.3 is 5.97 Å². The van der Waals surface area contributed by atoms with Crippen molar-refractivity contribution in [1.29, 1.82) is 0 Å². The molecule has 1 fully saturated rings. The molecule has 0 saturated heterocycles. The number of rotatable bonds is 5. The molecule has 1 aliphatic rings. The number of aryl methyl sites for hydroxylation is 1. The highest BCUT2D eigenvalue weighted by Crippen LogP contribution is 2.27. The van der Waals surface area contributed by atoms with Gasteiger partial charge in [-0.15, -0.1) is 10.2 Å². The van der Waals surface area contributed by atoms with Crippen molar-refractivity contribution in [1.82, 2.24) is 10.2 Å². The number of hydrogen-bond donors (Lipinski definition) is 1. The predicted molar refractivity (Wildman–Crippen MR) is 55.9 cm³/mol. The molecule has 0 aliphatic heterocycles. The van der Waals surface area contributed by atoms with E-state index in [4.69, 9.17) is 9.52 Å². The summed E-state index contributed by atoms with van der Waals surface area (Å²) in [6.07, 6.45) is 6.30. The summed E-state index contributed by atoms with van der Waals surface area (Å²) in [5.74, 6) is 0.936. The highest BCUT2D eigenvalue weighted by atomic mass is 16.4. The third kappa shape index (κ3) is 3.05. The number of carboxylic acids is 1. The van der Waals surface area contributed by atoms with Gasteiger partial charge in [0.15, 0.2) is 0 Å². The van der Waals surface area contributed by atoms with Crippen molar-refractivity contribution in [2.75, 3.05) is 0 Å². The first-order valence-corrected chi connectivity index (χ1v) is 5.77. The van der Waals surface area contributed by atoms with E-state index in [2.05, 4.69) is 10.2 Å². The summed E-state index contributed by atoms with van der Waals surface area (Å²) in [7, 11) is 0. The molecule has 0 amide bonds. The molecule has 16 heavy (non-hydrogen) atoms. The second-order valence-corrected chi connectivity index (χ2v) is 4.34. The molecule has 88 valence electrons. The third-order valence-electron chi connectivity index (χ3n) is 3.00. The summed E-state index contributed by atoms with van der Waals surface area (Å²) in [5.41, 5.74) is 0. The van der Waals surface area contributed by atoms with E-state index in [1.54, 1.807) is 0 Å². The number of hydrogen-bond acceptors (Lipinski definition) is 4. The number of nitrogens with zero attached hydrogens (tertiary/aromatic N) is 2. The minimum atomic E-state index is -0.837. The van der Waals surface area contributed by atoms with Gasteiger partial charge in [0, 0.05) is 12.8 Å². The van der Waals surface area contributed by atoms with Gasteiger partial charge in [0.05, 0.1) is 6.42 Å². The van der Waals surface area contributed by atoms with Crippen LogP contribution in [0.1, 0.15) is 43.9 Å². The van der Waals surface area contributed by atoms with Gasteiger partial charge in [-0.1, -0.05) is 12.8 Å². The molecule has 0 atom stereocenters. The quantitative estimate of drug-likeness (QED) is 0.825. The smallest absolute Gasteiger partial charge is 0.303 e. The molecule has 0 unspecified atom stereocenters. The zero-order chi connectivity index (χ0) is 11.4. The molecule has 5 heteroatoms. The van der Waals surface area contributed by atoms with E-state index >= 15 is 0 Å². The highest BCUT2D eigenvalue weighted by Gasteiger charge is 2.18. The Bertz CT molecular complexity index is 356. The maximum absolute atomic E-state index is 10.4. The second-order valence-electron chi connectivity index (χ2n) is 4.34. The van der Waals surface area contributed by atoms with Crippen LogP contribution in [0.5, 0.6) is 0 Å². The average Bonchev–Trinajstić information content (AvgIpc) is 2.87. The summed E-state index contributed by atoms with van der Waals surface area (Å²) in [6, 6.07) is 0. The SMILES string of the molecule is O=C(O)CCc1nnc(CC2CCCC2)o1.